The van der Waals surface area contributed by atoms with Crippen LogP contribution in [0.4, 0.5) is 18.9 Å². The van der Waals surface area contributed by atoms with E-state index in [1.165, 1.54) is 18.2 Å². The number of halogens is 3. The summed E-state index contributed by atoms with van der Waals surface area (Å²) in [6.07, 6.45) is -2.63. The highest BCUT2D eigenvalue weighted by Crippen LogP contribution is 2.34. The molecule has 1 aromatic heterocycles. The van der Waals surface area contributed by atoms with Crippen LogP contribution in [0.15, 0.2) is 48.5 Å². The van der Waals surface area contributed by atoms with Crippen LogP contribution in [-0.4, -0.2) is 24.0 Å². The molecule has 1 amide bonds. The van der Waals surface area contributed by atoms with Crippen molar-refractivity contribution in [2.75, 3.05) is 18.4 Å². The maximum Gasteiger partial charge on any atom is 0.418 e. The van der Waals surface area contributed by atoms with Gasteiger partial charge in [0, 0.05) is 12.8 Å². The standard InChI is InChI=1S/C20H18F3N3OS/c21-20(22,23)13-6-1-2-7-14(13)24-18(27)12-26-11-5-9-16(26)19-25-15-8-3-4-10-17(15)28-19/h1-4,6-8,10,16H,5,9,11-12H2,(H,24,27)/p+1/t16-/m0/s1. The number of thiazole rings is 1. The number of carbonyl (C=O) groups is 1. The lowest BCUT2D eigenvalue weighted by Crippen LogP contribution is -3.11. The van der Waals surface area contributed by atoms with Crippen LogP contribution >= 0.6 is 11.3 Å². The molecule has 3 aromatic rings. The van der Waals surface area contributed by atoms with Crippen molar-refractivity contribution < 1.29 is 22.9 Å². The summed E-state index contributed by atoms with van der Waals surface area (Å²) in [5.41, 5.74) is -0.0880. The Kier molecular flexibility index (Phi) is 5.07. The zero-order chi connectivity index (χ0) is 19.7. The van der Waals surface area contributed by atoms with Gasteiger partial charge in [-0.2, -0.15) is 13.2 Å². The number of nitrogens with zero attached hydrogens (tertiary/aromatic N) is 1. The van der Waals surface area contributed by atoms with Crippen LogP contribution in [0, 0.1) is 0 Å². The Hall–Kier alpha value is -2.45. The Bertz CT molecular complexity index is 969. The second-order valence-corrected chi connectivity index (χ2v) is 7.95. The predicted octanol–water partition coefficient (Wildman–Crippen LogP) is 3.67. The number of fused-ring (bicyclic) bond motifs is 1. The third-order valence-corrected chi connectivity index (χ3v) is 6.14. The molecule has 1 fully saturated rings. The first-order chi connectivity index (χ1) is 13.4. The maximum absolute atomic E-state index is 13.1. The molecule has 1 saturated heterocycles. The number of nitrogens with one attached hydrogen (secondary N) is 2. The molecule has 2 aromatic carbocycles. The van der Waals surface area contributed by atoms with Crippen molar-refractivity contribution >= 4 is 33.1 Å². The summed E-state index contributed by atoms with van der Waals surface area (Å²) >= 11 is 1.62. The van der Waals surface area contributed by atoms with Crippen LogP contribution in [-0.2, 0) is 11.0 Å². The molecule has 4 rings (SSSR count). The number of hydrogen-bond acceptors (Lipinski definition) is 3. The zero-order valence-corrected chi connectivity index (χ0v) is 15.7. The molecule has 4 nitrogen and oxygen atoms in total. The number of anilines is 1. The van der Waals surface area contributed by atoms with Crippen LogP contribution in [0.1, 0.15) is 29.5 Å². The summed E-state index contributed by atoms with van der Waals surface area (Å²) in [5.74, 6) is -0.417. The number of rotatable bonds is 4. The van der Waals surface area contributed by atoms with E-state index >= 15 is 0 Å². The predicted molar refractivity (Wildman–Crippen MR) is 102 cm³/mol. The second kappa shape index (κ2) is 7.52. The van der Waals surface area contributed by atoms with Crippen LogP contribution in [0.2, 0.25) is 0 Å². The number of amides is 1. The molecule has 28 heavy (non-hydrogen) atoms. The summed E-state index contributed by atoms with van der Waals surface area (Å²) in [6.45, 7) is 0.918. The number of hydrogen-bond donors (Lipinski definition) is 2. The molecule has 2 heterocycles. The molecule has 146 valence electrons. The largest absolute Gasteiger partial charge is 0.418 e. The van der Waals surface area contributed by atoms with E-state index in [4.69, 9.17) is 4.98 Å². The van der Waals surface area contributed by atoms with Crippen molar-refractivity contribution in [3.05, 3.63) is 59.1 Å². The van der Waals surface area contributed by atoms with Gasteiger partial charge in [-0.1, -0.05) is 24.3 Å². The van der Waals surface area contributed by atoms with E-state index in [-0.39, 0.29) is 18.3 Å². The second-order valence-electron chi connectivity index (χ2n) is 6.89. The Morgan fingerprint density at radius 1 is 1.18 bits per heavy atom. The Morgan fingerprint density at radius 3 is 2.71 bits per heavy atom. The highest BCUT2D eigenvalue weighted by Gasteiger charge is 2.36. The van der Waals surface area contributed by atoms with E-state index < -0.39 is 17.6 Å². The maximum atomic E-state index is 13.1. The Morgan fingerprint density at radius 2 is 1.93 bits per heavy atom. The SMILES string of the molecule is O=C(C[NH+]1CCC[C@H]1c1nc2ccccc2s1)Nc1ccccc1C(F)(F)F. The van der Waals surface area contributed by atoms with Gasteiger partial charge in [-0.05, 0) is 24.3 Å². The van der Waals surface area contributed by atoms with Gasteiger partial charge < -0.3 is 10.2 Å². The van der Waals surface area contributed by atoms with E-state index in [0.717, 1.165) is 45.6 Å². The third kappa shape index (κ3) is 3.88. The molecule has 0 radical (unpaired) electrons. The molecule has 0 bridgehead atoms. The molecule has 0 spiro atoms. The summed E-state index contributed by atoms with van der Waals surface area (Å²) in [6, 6.07) is 13.0. The van der Waals surface area contributed by atoms with Crippen molar-refractivity contribution in [3.63, 3.8) is 0 Å². The van der Waals surface area contributed by atoms with Gasteiger partial charge >= 0.3 is 6.18 Å². The summed E-state index contributed by atoms with van der Waals surface area (Å²) in [4.78, 5) is 18.2. The highest BCUT2D eigenvalue weighted by molar-refractivity contribution is 7.18. The number of carbonyl (C=O) groups excluding carboxylic acids is 1. The first-order valence-corrected chi connectivity index (χ1v) is 9.89. The van der Waals surface area contributed by atoms with E-state index in [2.05, 4.69) is 5.32 Å². The lowest BCUT2D eigenvalue weighted by molar-refractivity contribution is -0.910. The summed E-state index contributed by atoms with van der Waals surface area (Å²) < 4.78 is 40.5. The summed E-state index contributed by atoms with van der Waals surface area (Å²) in [7, 11) is 0. The monoisotopic (exact) mass is 406 g/mol. The Labute approximate surface area is 164 Å². The summed E-state index contributed by atoms with van der Waals surface area (Å²) in [5, 5.41) is 3.43. The van der Waals surface area contributed by atoms with Gasteiger partial charge in [-0.15, -0.1) is 11.3 Å². The minimum Gasteiger partial charge on any atom is -0.321 e. The molecule has 2 N–H and O–H groups in total. The molecule has 1 unspecified atom stereocenters. The zero-order valence-electron chi connectivity index (χ0n) is 14.9. The normalized spacial score (nSPS) is 19.8. The Balaban J connectivity index is 1.48. The van der Waals surface area contributed by atoms with Gasteiger partial charge in [0.05, 0.1) is 28.0 Å². The lowest BCUT2D eigenvalue weighted by Gasteiger charge is -2.20. The van der Waals surface area contributed by atoms with Crippen LogP contribution < -0.4 is 10.2 Å². The smallest absolute Gasteiger partial charge is 0.321 e. The molecule has 0 aliphatic carbocycles. The highest BCUT2D eigenvalue weighted by atomic mass is 32.1. The third-order valence-electron chi connectivity index (χ3n) is 4.99. The van der Waals surface area contributed by atoms with Gasteiger partial charge in [0.1, 0.15) is 6.04 Å². The van der Waals surface area contributed by atoms with Gasteiger partial charge in [-0.3, -0.25) is 4.79 Å². The first kappa shape index (κ1) is 18.9. The molecule has 1 aliphatic rings. The van der Waals surface area contributed by atoms with Gasteiger partial charge in [0.15, 0.2) is 11.6 Å². The van der Waals surface area contributed by atoms with Gasteiger partial charge in [0.25, 0.3) is 5.91 Å². The van der Waals surface area contributed by atoms with Crippen LogP contribution in [0.5, 0.6) is 0 Å². The minimum absolute atomic E-state index is 0.0982. The lowest BCUT2D eigenvalue weighted by atomic mass is 10.1. The molecule has 8 heteroatoms. The van der Waals surface area contributed by atoms with Crippen molar-refractivity contribution in [2.45, 2.75) is 25.1 Å². The van der Waals surface area contributed by atoms with E-state index in [0.29, 0.717) is 0 Å². The van der Waals surface area contributed by atoms with Crippen molar-refractivity contribution in [3.8, 4) is 0 Å². The van der Waals surface area contributed by atoms with Crippen molar-refractivity contribution in [1.82, 2.24) is 4.98 Å². The molecule has 1 aliphatic heterocycles. The number of quaternary nitrogens is 1. The van der Waals surface area contributed by atoms with Gasteiger partial charge in [0.2, 0.25) is 0 Å². The number of benzene rings is 2. The quantitative estimate of drug-likeness (QED) is 0.695. The topological polar surface area (TPSA) is 46.4 Å². The minimum atomic E-state index is -4.51. The van der Waals surface area contributed by atoms with E-state index in [9.17, 15) is 18.0 Å². The number of likely N-dealkylation sites (tertiary alicyclic amines) is 1. The van der Waals surface area contributed by atoms with Crippen LogP contribution in [0.3, 0.4) is 0 Å². The molecular formula is C20H19F3N3OS+. The van der Waals surface area contributed by atoms with Crippen molar-refractivity contribution in [1.29, 1.82) is 0 Å². The fourth-order valence-corrected chi connectivity index (χ4v) is 4.86. The average molecular weight is 406 g/mol. The molecule has 2 atom stereocenters. The number of para-hydroxylation sites is 2. The number of alkyl halides is 3. The van der Waals surface area contributed by atoms with Crippen LogP contribution in [0.25, 0.3) is 10.2 Å². The average Bonchev–Trinajstić information content (AvgIpc) is 3.27. The van der Waals surface area contributed by atoms with Crippen molar-refractivity contribution in [2.24, 2.45) is 0 Å². The fourth-order valence-electron chi connectivity index (χ4n) is 3.70. The fraction of sp³-hybridized carbons (Fsp3) is 0.300. The van der Waals surface area contributed by atoms with E-state index in [1.54, 1.807) is 11.3 Å². The number of aromatic nitrogens is 1. The molecular weight excluding hydrogens is 387 g/mol. The molecule has 0 saturated carbocycles. The first-order valence-electron chi connectivity index (χ1n) is 9.08. The van der Waals surface area contributed by atoms with Gasteiger partial charge in [-0.25, -0.2) is 4.98 Å². The van der Waals surface area contributed by atoms with E-state index in [1.807, 2.05) is 24.3 Å².